The summed E-state index contributed by atoms with van der Waals surface area (Å²) in [4.78, 5) is 11.2. The Morgan fingerprint density at radius 1 is 1.46 bits per heavy atom. The number of hydrogen-bond donors (Lipinski definition) is 1. The fourth-order valence-corrected chi connectivity index (χ4v) is 3.64. The maximum atomic E-state index is 11.2. The molecular formula is C11H15NO. The van der Waals surface area contributed by atoms with Crippen LogP contribution < -0.4 is 5.32 Å². The van der Waals surface area contributed by atoms with E-state index in [4.69, 9.17) is 0 Å². The molecule has 2 aliphatic carbocycles. The predicted molar refractivity (Wildman–Crippen MR) is 50.0 cm³/mol. The molecule has 2 saturated carbocycles. The first kappa shape index (κ1) is 7.60. The van der Waals surface area contributed by atoms with Crippen LogP contribution in [0.2, 0.25) is 0 Å². The summed E-state index contributed by atoms with van der Waals surface area (Å²) in [5.74, 6) is 1.90. The number of carbonyl (C=O) groups is 1. The van der Waals surface area contributed by atoms with Gasteiger partial charge in [-0.1, -0.05) is 12.2 Å². The smallest absolute Gasteiger partial charge is 0.220 e. The van der Waals surface area contributed by atoms with Crippen LogP contribution in [0.1, 0.15) is 25.7 Å². The van der Waals surface area contributed by atoms with E-state index < -0.39 is 0 Å². The molecule has 1 N–H and O–H groups in total. The molecule has 2 heteroatoms. The van der Waals surface area contributed by atoms with Crippen molar-refractivity contribution in [3.63, 3.8) is 0 Å². The highest BCUT2D eigenvalue weighted by Crippen LogP contribution is 2.62. The quantitative estimate of drug-likeness (QED) is 0.558. The van der Waals surface area contributed by atoms with Gasteiger partial charge in [0.05, 0.1) is 0 Å². The Bertz CT molecular complexity index is 294. The van der Waals surface area contributed by atoms with Crippen LogP contribution in [0.25, 0.3) is 0 Å². The van der Waals surface area contributed by atoms with Crippen molar-refractivity contribution < 1.29 is 4.79 Å². The minimum absolute atomic E-state index is 0.260. The van der Waals surface area contributed by atoms with E-state index >= 15 is 0 Å². The molecule has 3 atom stereocenters. The van der Waals surface area contributed by atoms with Crippen molar-refractivity contribution in [2.24, 2.45) is 17.3 Å². The van der Waals surface area contributed by atoms with Gasteiger partial charge in [0.25, 0.3) is 0 Å². The van der Waals surface area contributed by atoms with Gasteiger partial charge >= 0.3 is 0 Å². The van der Waals surface area contributed by atoms with Crippen molar-refractivity contribution in [3.8, 4) is 0 Å². The van der Waals surface area contributed by atoms with Gasteiger partial charge in [-0.05, 0) is 31.1 Å². The van der Waals surface area contributed by atoms with Gasteiger partial charge in [-0.3, -0.25) is 4.79 Å². The lowest BCUT2D eigenvalue weighted by Gasteiger charge is -2.49. The van der Waals surface area contributed by atoms with Crippen molar-refractivity contribution in [3.05, 3.63) is 12.2 Å². The average Bonchev–Trinajstić information content (AvgIpc) is 2.56. The van der Waals surface area contributed by atoms with E-state index in [0.717, 1.165) is 24.8 Å². The lowest BCUT2D eigenvalue weighted by molar-refractivity contribution is -0.121. The van der Waals surface area contributed by atoms with Gasteiger partial charge in [-0.2, -0.15) is 0 Å². The van der Waals surface area contributed by atoms with Gasteiger partial charge in [0.2, 0.25) is 5.91 Å². The van der Waals surface area contributed by atoms with E-state index in [9.17, 15) is 4.79 Å². The third kappa shape index (κ3) is 0.862. The Kier molecular flexibility index (Phi) is 1.27. The van der Waals surface area contributed by atoms with Gasteiger partial charge in [-0.15, -0.1) is 0 Å². The zero-order valence-electron chi connectivity index (χ0n) is 7.81. The summed E-state index contributed by atoms with van der Waals surface area (Å²) in [6, 6.07) is 0. The second kappa shape index (κ2) is 2.17. The molecule has 1 saturated heterocycles. The van der Waals surface area contributed by atoms with Crippen LogP contribution in [0.4, 0.5) is 0 Å². The molecule has 3 aliphatic rings. The Labute approximate surface area is 78.4 Å². The number of rotatable bonds is 0. The molecular weight excluding hydrogens is 162 g/mol. The SMILES string of the molecule is C=C1C[C@@H]2C[C@@]3(CNC(=O)C3)[C@@H]2C1. The monoisotopic (exact) mass is 177 g/mol. The number of nitrogens with one attached hydrogen (secondary N) is 1. The Morgan fingerprint density at radius 3 is 2.92 bits per heavy atom. The predicted octanol–water partition coefficient (Wildman–Crippen LogP) is 1.48. The molecule has 0 aromatic rings. The van der Waals surface area contributed by atoms with E-state index in [1.54, 1.807) is 0 Å². The summed E-state index contributed by atoms with van der Waals surface area (Å²) in [6.45, 7) is 4.99. The first-order valence-electron chi connectivity index (χ1n) is 5.13. The van der Waals surface area contributed by atoms with Crippen molar-refractivity contribution in [1.29, 1.82) is 0 Å². The van der Waals surface area contributed by atoms with E-state index in [0.29, 0.717) is 5.41 Å². The lowest BCUT2D eigenvalue weighted by Crippen LogP contribution is -2.46. The highest BCUT2D eigenvalue weighted by molar-refractivity contribution is 5.79. The molecule has 1 heterocycles. The fraction of sp³-hybridized carbons (Fsp3) is 0.727. The highest BCUT2D eigenvalue weighted by Gasteiger charge is 2.58. The fourth-order valence-electron chi connectivity index (χ4n) is 3.64. The first-order valence-corrected chi connectivity index (χ1v) is 5.13. The molecule has 0 aromatic carbocycles. The van der Waals surface area contributed by atoms with Crippen LogP contribution in [0.5, 0.6) is 0 Å². The molecule has 1 aliphatic heterocycles. The van der Waals surface area contributed by atoms with Gasteiger partial charge in [0.15, 0.2) is 0 Å². The lowest BCUT2D eigenvalue weighted by atomic mass is 9.54. The van der Waals surface area contributed by atoms with Gasteiger partial charge in [0, 0.05) is 18.4 Å². The molecule has 70 valence electrons. The molecule has 13 heavy (non-hydrogen) atoms. The number of hydrogen-bond acceptors (Lipinski definition) is 1. The second-order valence-corrected chi connectivity index (χ2v) is 5.04. The average molecular weight is 177 g/mol. The van der Waals surface area contributed by atoms with E-state index in [1.807, 2.05) is 0 Å². The molecule has 0 radical (unpaired) electrons. The molecule has 3 fully saturated rings. The highest BCUT2D eigenvalue weighted by atomic mass is 16.1. The second-order valence-electron chi connectivity index (χ2n) is 5.04. The van der Waals surface area contributed by atoms with Crippen LogP contribution >= 0.6 is 0 Å². The first-order chi connectivity index (χ1) is 6.20. The van der Waals surface area contributed by atoms with Crippen molar-refractivity contribution in [1.82, 2.24) is 5.32 Å². The summed E-state index contributed by atoms with van der Waals surface area (Å²) >= 11 is 0. The largest absolute Gasteiger partial charge is 0.356 e. The van der Waals surface area contributed by atoms with Crippen molar-refractivity contribution >= 4 is 5.91 Å². The van der Waals surface area contributed by atoms with Crippen LogP contribution in [0.15, 0.2) is 12.2 Å². The summed E-state index contributed by atoms with van der Waals surface area (Å²) in [5.41, 5.74) is 1.76. The van der Waals surface area contributed by atoms with Gasteiger partial charge < -0.3 is 5.32 Å². The summed E-state index contributed by atoms with van der Waals surface area (Å²) in [6.07, 6.45) is 4.44. The summed E-state index contributed by atoms with van der Waals surface area (Å²) in [5, 5.41) is 2.97. The number of carbonyl (C=O) groups excluding carboxylic acids is 1. The Balaban J connectivity index is 1.82. The normalized spacial score (nSPS) is 47.7. The van der Waals surface area contributed by atoms with Gasteiger partial charge in [-0.25, -0.2) is 0 Å². The van der Waals surface area contributed by atoms with Crippen LogP contribution in [-0.4, -0.2) is 12.5 Å². The molecule has 3 rings (SSSR count). The molecule has 0 unspecified atom stereocenters. The number of amides is 1. The Morgan fingerprint density at radius 2 is 2.31 bits per heavy atom. The minimum Gasteiger partial charge on any atom is -0.356 e. The Hall–Kier alpha value is -0.790. The maximum Gasteiger partial charge on any atom is 0.220 e. The molecule has 0 bridgehead atoms. The minimum atomic E-state index is 0.260. The summed E-state index contributed by atoms with van der Waals surface area (Å²) in [7, 11) is 0. The molecule has 0 aromatic heterocycles. The standard InChI is InChI=1S/C11H15NO/c1-7-2-8-4-11(9(8)3-7)5-10(13)12-6-11/h8-9H,1-6H2,(H,12,13)/t8-,9-,11-/m1/s1. The van der Waals surface area contributed by atoms with Crippen LogP contribution in [-0.2, 0) is 4.79 Å². The molecule has 1 spiro atoms. The van der Waals surface area contributed by atoms with Crippen molar-refractivity contribution in [2.75, 3.05) is 6.54 Å². The zero-order chi connectivity index (χ0) is 9.05. The third-order valence-corrected chi connectivity index (χ3v) is 4.23. The van der Waals surface area contributed by atoms with E-state index in [2.05, 4.69) is 11.9 Å². The summed E-state index contributed by atoms with van der Waals surface area (Å²) < 4.78 is 0. The molecule has 2 nitrogen and oxygen atoms in total. The van der Waals surface area contributed by atoms with E-state index in [1.165, 1.54) is 24.8 Å². The zero-order valence-corrected chi connectivity index (χ0v) is 7.81. The number of fused-ring (bicyclic) bond motifs is 2. The maximum absolute atomic E-state index is 11.2. The number of allylic oxidation sites excluding steroid dienone is 1. The third-order valence-electron chi connectivity index (χ3n) is 4.23. The van der Waals surface area contributed by atoms with Crippen LogP contribution in [0.3, 0.4) is 0 Å². The topological polar surface area (TPSA) is 29.1 Å². The van der Waals surface area contributed by atoms with Crippen molar-refractivity contribution in [2.45, 2.75) is 25.7 Å². The van der Waals surface area contributed by atoms with Crippen LogP contribution in [0, 0.1) is 17.3 Å². The van der Waals surface area contributed by atoms with Gasteiger partial charge in [0.1, 0.15) is 0 Å². The molecule has 1 amide bonds. The van der Waals surface area contributed by atoms with E-state index in [-0.39, 0.29) is 5.91 Å².